The van der Waals surface area contributed by atoms with Gasteiger partial charge in [0.25, 0.3) is 0 Å². The molecule has 0 aliphatic carbocycles. The summed E-state index contributed by atoms with van der Waals surface area (Å²) in [4.78, 5) is 16.4. The summed E-state index contributed by atoms with van der Waals surface area (Å²) in [6, 6.07) is 5.38. The molecule has 0 fully saturated rings. The molecular weight excluding hydrogens is 206 g/mol. The molecule has 1 rings (SSSR count). The van der Waals surface area contributed by atoms with Crippen LogP contribution in [0.15, 0.2) is 12.1 Å². The third-order valence-electron chi connectivity index (χ3n) is 2.12. The summed E-state index contributed by atoms with van der Waals surface area (Å²) >= 11 is 0. The molecule has 0 amide bonds. The quantitative estimate of drug-likeness (QED) is 0.822. The minimum Gasteiger partial charge on any atom is -0.481 e. The Bertz CT molecular complexity index is 437. The second-order valence-corrected chi connectivity index (χ2v) is 3.53. The van der Waals surface area contributed by atoms with Crippen LogP contribution < -0.4 is 4.90 Å². The Labute approximate surface area is 93.9 Å². The fourth-order valence-corrected chi connectivity index (χ4v) is 1.29. The molecule has 0 unspecified atom stereocenters. The number of carboxylic acid groups (broad SMARTS) is 1. The number of nitrogens with zero attached hydrogens (tertiary/aromatic N) is 3. The number of rotatable bonds is 4. The first kappa shape index (κ1) is 12.0. The van der Waals surface area contributed by atoms with Crippen molar-refractivity contribution < 1.29 is 9.90 Å². The van der Waals surface area contributed by atoms with Crippen molar-refractivity contribution in [1.29, 1.82) is 5.26 Å². The van der Waals surface area contributed by atoms with Crippen molar-refractivity contribution in [3.05, 3.63) is 23.4 Å². The highest BCUT2D eigenvalue weighted by Crippen LogP contribution is 2.13. The molecule has 16 heavy (non-hydrogen) atoms. The maximum Gasteiger partial charge on any atom is 0.305 e. The second kappa shape index (κ2) is 5.12. The van der Waals surface area contributed by atoms with Crippen LogP contribution in [-0.2, 0) is 4.79 Å². The van der Waals surface area contributed by atoms with Gasteiger partial charge in [-0.3, -0.25) is 4.79 Å². The fourth-order valence-electron chi connectivity index (χ4n) is 1.29. The number of anilines is 1. The van der Waals surface area contributed by atoms with Crippen LogP contribution in [0.4, 0.5) is 5.82 Å². The van der Waals surface area contributed by atoms with Gasteiger partial charge in [-0.2, -0.15) is 5.26 Å². The highest BCUT2D eigenvalue weighted by Gasteiger charge is 2.07. The van der Waals surface area contributed by atoms with E-state index in [2.05, 4.69) is 4.98 Å². The second-order valence-electron chi connectivity index (χ2n) is 3.53. The van der Waals surface area contributed by atoms with Crippen molar-refractivity contribution in [1.82, 2.24) is 4.98 Å². The molecule has 1 N–H and O–H groups in total. The van der Waals surface area contributed by atoms with Crippen molar-refractivity contribution in [2.24, 2.45) is 0 Å². The molecule has 0 aliphatic rings. The maximum absolute atomic E-state index is 10.4. The van der Waals surface area contributed by atoms with Crippen LogP contribution in [0.1, 0.15) is 17.7 Å². The normalized spacial score (nSPS) is 9.56. The molecule has 1 aromatic heterocycles. The third-order valence-corrected chi connectivity index (χ3v) is 2.12. The van der Waals surface area contributed by atoms with E-state index in [4.69, 9.17) is 10.4 Å². The van der Waals surface area contributed by atoms with E-state index in [9.17, 15) is 4.79 Å². The van der Waals surface area contributed by atoms with E-state index in [1.54, 1.807) is 31.0 Å². The minimum absolute atomic E-state index is 0.0496. The summed E-state index contributed by atoms with van der Waals surface area (Å²) in [5.74, 6) is -0.224. The van der Waals surface area contributed by atoms with Crippen LogP contribution in [-0.4, -0.2) is 29.7 Å². The number of carbonyl (C=O) groups is 1. The molecule has 0 atom stereocenters. The fraction of sp³-hybridized carbons (Fsp3) is 0.364. The number of pyridine rings is 1. The molecule has 5 heteroatoms. The third kappa shape index (κ3) is 3.24. The van der Waals surface area contributed by atoms with Crippen LogP contribution in [0.25, 0.3) is 0 Å². The molecule has 0 aliphatic heterocycles. The van der Waals surface area contributed by atoms with Gasteiger partial charge in [-0.15, -0.1) is 0 Å². The van der Waals surface area contributed by atoms with Crippen LogP contribution >= 0.6 is 0 Å². The molecular formula is C11H13N3O2. The van der Waals surface area contributed by atoms with Crippen LogP contribution in [0.2, 0.25) is 0 Å². The SMILES string of the molecule is Cc1cc(C#N)cc(N(C)CCC(=O)O)n1. The Hall–Kier alpha value is -2.09. The highest BCUT2D eigenvalue weighted by atomic mass is 16.4. The number of aryl methyl sites for hydroxylation is 1. The van der Waals surface area contributed by atoms with Gasteiger partial charge in [0, 0.05) is 19.3 Å². The molecule has 0 saturated carbocycles. The first-order chi connectivity index (χ1) is 7.52. The average molecular weight is 219 g/mol. The Morgan fingerprint density at radius 3 is 2.88 bits per heavy atom. The number of nitriles is 1. The van der Waals surface area contributed by atoms with Gasteiger partial charge >= 0.3 is 5.97 Å². The lowest BCUT2D eigenvalue weighted by Gasteiger charge is -2.17. The van der Waals surface area contributed by atoms with Gasteiger partial charge < -0.3 is 10.0 Å². The van der Waals surface area contributed by atoms with Gasteiger partial charge in [-0.25, -0.2) is 4.98 Å². The number of hydrogen-bond donors (Lipinski definition) is 1. The Balaban J connectivity index is 2.83. The molecule has 0 bridgehead atoms. The van der Waals surface area contributed by atoms with E-state index >= 15 is 0 Å². The Morgan fingerprint density at radius 2 is 2.31 bits per heavy atom. The smallest absolute Gasteiger partial charge is 0.305 e. The molecule has 84 valence electrons. The lowest BCUT2D eigenvalue weighted by Crippen LogP contribution is -2.22. The molecule has 0 spiro atoms. The van der Waals surface area contributed by atoms with Crippen LogP contribution in [0, 0.1) is 18.3 Å². The van der Waals surface area contributed by atoms with Crippen molar-refractivity contribution in [2.45, 2.75) is 13.3 Å². The van der Waals surface area contributed by atoms with Crippen molar-refractivity contribution in [3.8, 4) is 6.07 Å². The topological polar surface area (TPSA) is 77.2 Å². The van der Waals surface area contributed by atoms with Crippen molar-refractivity contribution in [2.75, 3.05) is 18.5 Å². The summed E-state index contributed by atoms with van der Waals surface area (Å²) in [5, 5.41) is 17.4. The van der Waals surface area contributed by atoms with Crippen LogP contribution in [0.3, 0.4) is 0 Å². The van der Waals surface area contributed by atoms with Gasteiger partial charge in [0.05, 0.1) is 18.1 Å². The van der Waals surface area contributed by atoms with Crippen molar-refractivity contribution in [3.63, 3.8) is 0 Å². The van der Waals surface area contributed by atoms with E-state index in [0.29, 0.717) is 17.9 Å². The number of aromatic nitrogens is 1. The first-order valence-corrected chi connectivity index (χ1v) is 4.84. The zero-order valence-corrected chi connectivity index (χ0v) is 9.27. The number of carboxylic acids is 1. The van der Waals surface area contributed by atoms with E-state index in [1.807, 2.05) is 6.07 Å². The minimum atomic E-state index is -0.847. The molecule has 1 heterocycles. The standard InChI is InChI=1S/C11H13N3O2/c1-8-5-9(7-12)6-10(13-8)14(2)4-3-11(15)16/h5-6H,3-4H2,1-2H3,(H,15,16). The molecule has 1 aromatic rings. The largest absolute Gasteiger partial charge is 0.481 e. The number of hydrogen-bond acceptors (Lipinski definition) is 4. The van der Waals surface area contributed by atoms with Gasteiger partial charge in [0.2, 0.25) is 0 Å². The average Bonchev–Trinajstić information content (AvgIpc) is 2.24. The van der Waals surface area contributed by atoms with E-state index < -0.39 is 5.97 Å². The van der Waals surface area contributed by atoms with E-state index in [-0.39, 0.29) is 6.42 Å². The first-order valence-electron chi connectivity index (χ1n) is 4.84. The molecule has 0 radical (unpaired) electrons. The monoisotopic (exact) mass is 219 g/mol. The summed E-state index contributed by atoms with van der Waals surface area (Å²) < 4.78 is 0. The summed E-state index contributed by atoms with van der Waals surface area (Å²) in [7, 11) is 1.76. The van der Waals surface area contributed by atoms with Gasteiger partial charge in [0.1, 0.15) is 5.82 Å². The summed E-state index contributed by atoms with van der Waals surface area (Å²) in [5.41, 5.74) is 1.28. The van der Waals surface area contributed by atoms with E-state index in [1.165, 1.54) is 0 Å². The highest BCUT2D eigenvalue weighted by molar-refractivity contribution is 5.67. The molecule has 5 nitrogen and oxygen atoms in total. The summed E-state index contributed by atoms with van der Waals surface area (Å²) in [6.45, 7) is 2.17. The predicted octanol–water partition coefficient (Wildman–Crippen LogP) is 1.17. The molecule has 0 saturated heterocycles. The molecule has 0 aromatic carbocycles. The lowest BCUT2D eigenvalue weighted by atomic mass is 10.2. The zero-order valence-electron chi connectivity index (χ0n) is 9.27. The Morgan fingerprint density at radius 1 is 1.62 bits per heavy atom. The summed E-state index contributed by atoms with van der Waals surface area (Å²) in [6.07, 6.45) is 0.0496. The van der Waals surface area contributed by atoms with Gasteiger partial charge in [0.15, 0.2) is 0 Å². The van der Waals surface area contributed by atoms with Gasteiger partial charge in [-0.05, 0) is 19.1 Å². The predicted molar refractivity (Wildman–Crippen MR) is 59.2 cm³/mol. The Kier molecular flexibility index (Phi) is 3.84. The zero-order chi connectivity index (χ0) is 12.1. The maximum atomic E-state index is 10.4. The number of aliphatic carboxylic acids is 1. The van der Waals surface area contributed by atoms with E-state index in [0.717, 1.165) is 5.69 Å². The lowest BCUT2D eigenvalue weighted by molar-refractivity contribution is -0.136. The van der Waals surface area contributed by atoms with Crippen molar-refractivity contribution >= 4 is 11.8 Å². The van der Waals surface area contributed by atoms with Gasteiger partial charge in [-0.1, -0.05) is 0 Å². The van der Waals surface area contributed by atoms with Crippen LogP contribution in [0.5, 0.6) is 0 Å².